The molecule has 2 atom stereocenters. The Labute approximate surface area is 258 Å². The summed E-state index contributed by atoms with van der Waals surface area (Å²) < 4.78 is 11.2. The van der Waals surface area contributed by atoms with Gasteiger partial charge in [-0.2, -0.15) is 0 Å². The average Bonchev–Trinajstić information content (AvgIpc) is 2.99. The number of nitrogens with one attached hydrogen (secondary N) is 3. The first-order valence-corrected chi connectivity index (χ1v) is 14.7. The molecule has 0 saturated heterocycles. The van der Waals surface area contributed by atoms with E-state index in [4.69, 9.17) is 15.2 Å². The topological polar surface area (TPSA) is 149 Å². The fraction of sp³-hybridized carbons (Fsp3) is 0.353. The van der Waals surface area contributed by atoms with E-state index in [0.29, 0.717) is 36.3 Å². The average molecular weight is 603 g/mol. The van der Waals surface area contributed by atoms with Crippen LogP contribution in [0.15, 0.2) is 78.9 Å². The summed E-state index contributed by atoms with van der Waals surface area (Å²) in [6.45, 7) is 7.73. The zero-order valence-electron chi connectivity index (χ0n) is 25.7. The molecule has 4 amide bonds. The number of hydrogen-bond donors (Lipinski definition) is 4. The van der Waals surface area contributed by atoms with Gasteiger partial charge in [-0.1, -0.05) is 74.4 Å². The monoisotopic (exact) mass is 602 g/mol. The standard InChI is InChI=1S/C34H42N4O6/c1-5-6-12-28(37-33(42)44-34(2,3)4)31(40)38-29(32(41)36-21-23-13-15-26(16-14-23)30(35)39)25-17-19-27(20-18-25)43-22-24-10-8-7-9-11-24/h7-11,13-20,28-29H,5-6,12,21-22H2,1-4H3,(H2,35,39)(H,36,41)(H,37,42)(H,38,40)/t28-,29-/m0/s1. The van der Waals surface area contributed by atoms with Gasteiger partial charge in [0.15, 0.2) is 0 Å². The van der Waals surface area contributed by atoms with E-state index in [0.717, 1.165) is 17.5 Å². The summed E-state index contributed by atoms with van der Waals surface area (Å²) in [6, 6.07) is 21.2. The Kier molecular flexibility index (Phi) is 12.3. The molecule has 10 heteroatoms. The van der Waals surface area contributed by atoms with Gasteiger partial charge in [0.25, 0.3) is 0 Å². The Hall–Kier alpha value is -4.86. The van der Waals surface area contributed by atoms with E-state index in [-0.39, 0.29) is 6.54 Å². The van der Waals surface area contributed by atoms with Gasteiger partial charge < -0.3 is 31.2 Å². The van der Waals surface area contributed by atoms with E-state index < -0.39 is 41.5 Å². The highest BCUT2D eigenvalue weighted by Gasteiger charge is 2.29. The molecule has 0 saturated carbocycles. The second kappa shape index (κ2) is 16.1. The molecule has 0 fully saturated rings. The number of carbonyl (C=O) groups excluding carboxylic acids is 4. The van der Waals surface area contributed by atoms with Gasteiger partial charge in [0.1, 0.15) is 30.0 Å². The molecule has 10 nitrogen and oxygen atoms in total. The van der Waals surface area contributed by atoms with Gasteiger partial charge in [-0.3, -0.25) is 14.4 Å². The first-order valence-electron chi connectivity index (χ1n) is 14.7. The zero-order chi connectivity index (χ0) is 32.1. The Bertz CT molecular complexity index is 1390. The number of benzene rings is 3. The first kappa shape index (κ1) is 33.6. The lowest BCUT2D eigenvalue weighted by atomic mass is 10.0. The maximum Gasteiger partial charge on any atom is 0.408 e. The molecule has 0 radical (unpaired) electrons. The number of nitrogens with two attached hydrogens (primary N) is 1. The van der Waals surface area contributed by atoms with E-state index in [9.17, 15) is 19.2 Å². The molecule has 0 aliphatic rings. The summed E-state index contributed by atoms with van der Waals surface area (Å²) in [5, 5.41) is 8.33. The fourth-order valence-corrected chi connectivity index (χ4v) is 4.25. The van der Waals surface area contributed by atoms with Gasteiger partial charge in [-0.15, -0.1) is 0 Å². The van der Waals surface area contributed by atoms with Gasteiger partial charge >= 0.3 is 6.09 Å². The molecule has 0 spiro atoms. The Morgan fingerprint density at radius 1 is 0.818 bits per heavy atom. The summed E-state index contributed by atoms with van der Waals surface area (Å²) in [5.74, 6) is -0.913. The number of carbonyl (C=O) groups is 4. The maximum atomic E-state index is 13.5. The van der Waals surface area contributed by atoms with E-state index in [1.54, 1.807) is 69.3 Å². The number of amides is 4. The third kappa shape index (κ3) is 11.1. The summed E-state index contributed by atoms with van der Waals surface area (Å²) in [5.41, 5.74) is 7.22. The maximum absolute atomic E-state index is 13.5. The van der Waals surface area contributed by atoms with Crippen molar-refractivity contribution in [1.29, 1.82) is 0 Å². The fourth-order valence-electron chi connectivity index (χ4n) is 4.25. The van der Waals surface area contributed by atoms with Crippen molar-refractivity contribution in [3.8, 4) is 5.75 Å². The smallest absolute Gasteiger partial charge is 0.408 e. The SMILES string of the molecule is CCCC[C@H](NC(=O)OC(C)(C)C)C(=O)N[C@H](C(=O)NCc1ccc(C(N)=O)cc1)c1ccc(OCc2ccccc2)cc1. The van der Waals surface area contributed by atoms with E-state index in [1.807, 2.05) is 37.3 Å². The molecule has 0 aromatic heterocycles. The van der Waals surface area contributed by atoms with Crippen molar-refractivity contribution < 1.29 is 28.7 Å². The van der Waals surface area contributed by atoms with Crippen molar-refractivity contribution in [2.75, 3.05) is 0 Å². The van der Waals surface area contributed by atoms with Crippen LogP contribution in [0.2, 0.25) is 0 Å². The van der Waals surface area contributed by atoms with Crippen LogP contribution in [0.5, 0.6) is 5.75 Å². The lowest BCUT2D eigenvalue weighted by Crippen LogP contribution is -2.51. The molecule has 44 heavy (non-hydrogen) atoms. The number of ether oxygens (including phenoxy) is 2. The van der Waals surface area contributed by atoms with Gasteiger partial charge in [-0.25, -0.2) is 4.79 Å². The predicted molar refractivity (Wildman–Crippen MR) is 168 cm³/mol. The van der Waals surface area contributed by atoms with E-state index in [1.165, 1.54) is 0 Å². The number of hydrogen-bond acceptors (Lipinski definition) is 6. The molecule has 3 rings (SSSR count). The number of unbranched alkanes of at least 4 members (excludes halogenated alkanes) is 1. The van der Waals surface area contributed by atoms with Crippen LogP contribution in [0.1, 0.15) is 80.0 Å². The van der Waals surface area contributed by atoms with Crippen molar-refractivity contribution in [1.82, 2.24) is 16.0 Å². The van der Waals surface area contributed by atoms with Crippen molar-refractivity contribution in [3.05, 3.63) is 101 Å². The molecule has 3 aromatic carbocycles. The van der Waals surface area contributed by atoms with E-state index in [2.05, 4.69) is 16.0 Å². The minimum absolute atomic E-state index is 0.151. The van der Waals surface area contributed by atoms with Crippen LogP contribution in [0, 0.1) is 0 Å². The van der Waals surface area contributed by atoms with Crippen LogP contribution in [0.25, 0.3) is 0 Å². The molecule has 234 valence electrons. The summed E-state index contributed by atoms with van der Waals surface area (Å²) in [6.07, 6.45) is 1.14. The second-order valence-corrected chi connectivity index (χ2v) is 11.4. The zero-order valence-corrected chi connectivity index (χ0v) is 25.7. The van der Waals surface area contributed by atoms with Crippen molar-refractivity contribution in [2.45, 2.75) is 77.8 Å². The quantitative estimate of drug-likeness (QED) is 0.206. The number of rotatable bonds is 14. The largest absolute Gasteiger partial charge is 0.489 e. The molecule has 5 N–H and O–H groups in total. The molecule has 3 aromatic rings. The Balaban J connectivity index is 1.78. The van der Waals surface area contributed by atoms with Crippen LogP contribution in [0.4, 0.5) is 4.79 Å². The molecule has 0 aliphatic carbocycles. The highest BCUT2D eigenvalue weighted by atomic mass is 16.6. The van der Waals surface area contributed by atoms with Crippen molar-refractivity contribution in [2.24, 2.45) is 5.73 Å². The second-order valence-electron chi connectivity index (χ2n) is 11.4. The highest BCUT2D eigenvalue weighted by Crippen LogP contribution is 2.20. The van der Waals surface area contributed by atoms with Crippen LogP contribution in [-0.2, 0) is 27.5 Å². The predicted octanol–water partition coefficient (Wildman–Crippen LogP) is 4.92. The minimum Gasteiger partial charge on any atom is -0.489 e. The van der Waals surface area contributed by atoms with Crippen LogP contribution < -0.4 is 26.4 Å². The normalized spacial score (nSPS) is 12.4. The molecule has 0 aliphatic heterocycles. The Morgan fingerprint density at radius 3 is 2.07 bits per heavy atom. The van der Waals surface area contributed by atoms with Gasteiger partial charge in [0, 0.05) is 12.1 Å². The molecular formula is C34H42N4O6. The van der Waals surface area contributed by atoms with Gasteiger partial charge in [-0.05, 0) is 68.1 Å². The van der Waals surface area contributed by atoms with Crippen molar-refractivity contribution >= 4 is 23.8 Å². The van der Waals surface area contributed by atoms with Gasteiger partial charge in [0.2, 0.25) is 17.7 Å². The number of primary amides is 1. The van der Waals surface area contributed by atoms with E-state index >= 15 is 0 Å². The van der Waals surface area contributed by atoms with Gasteiger partial charge in [0.05, 0.1) is 0 Å². The minimum atomic E-state index is -1.07. The van der Waals surface area contributed by atoms with Crippen LogP contribution in [0.3, 0.4) is 0 Å². The number of alkyl carbamates (subject to hydrolysis) is 1. The highest BCUT2D eigenvalue weighted by molar-refractivity contribution is 5.93. The summed E-state index contributed by atoms with van der Waals surface area (Å²) in [4.78, 5) is 50.9. The molecule has 0 heterocycles. The first-order chi connectivity index (χ1) is 20.9. The molecule has 0 unspecified atom stereocenters. The van der Waals surface area contributed by atoms with Crippen LogP contribution in [-0.4, -0.2) is 35.5 Å². The third-order valence-electron chi connectivity index (χ3n) is 6.57. The molecule has 0 bridgehead atoms. The van der Waals surface area contributed by atoms with Crippen molar-refractivity contribution in [3.63, 3.8) is 0 Å². The molecular weight excluding hydrogens is 560 g/mol. The lowest BCUT2D eigenvalue weighted by Gasteiger charge is -2.25. The summed E-state index contributed by atoms with van der Waals surface area (Å²) in [7, 11) is 0. The Morgan fingerprint density at radius 2 is 1.48 bits per heavy atom. The lowest BCUT2D eigenvalue weighted by molar-refractivity contribution is -0.130. The van der Waals surface area contributed by atoms with Crippen LogP contribution >= 0.6 is 0 Å². The summed E-state index contributed by atoms with van der Waals surface area (Å²) >= 11 is 0. The third-order valence-corrected chi connectivity index (χ3v) is 6.57.